The minimum atomic E-state index is -4.41. The van der Waals surface area contributed by atoms with E-state index in [1.807, 2.05) is 19.0 Å². The fraction of sp³-hybridized carbons (Fsp3) is 0.312. The van der Waals surface area contributed by atoms with Crippen LogP contribution in [-0.2, 0) is 6.18 Å². The molecule has 0 spiro atoms. The van der Waals surface area contributed by atoms with Gasteiger partial charge in [-0.1, -0.05) is 0 Å². The van der Waals surface area contributed by atoms with Crippen LogP contribution in [0.3, 0.4) is 0 Å². The van der Waals surface area contributed by atoms with Gasteiger partial charge >= 0.3 is 6.18 Å². The Balaban J connectivity index is 2.01. The number of nitrogens with one attached hydrogen (secondary N) is 1. The summed E-state index contributed by atoms with van der Waals surface area (Å²) in [4.78, 5) is 13.9. The summed E-state index contributed by atoms with van der Waals surface area (Å²) in [6, 6.07) is 7.50. The number of alkyl halides is 3. The number of benzene rings is 1. The Bertz CT molecular complexity index is 634. The fourth-order valence-electron chi connectivity index (χ4n) is 2.12. The van der Waals surface area contributed by atoms with Crippen LogP contribution in [-0.4, -0.2) is 31.4 Å². The number of rotatable bonds is 5. The number of carbonyl (C=O) groups excluding carboxylic acids is 1. The Hall–Kier alpha value is -2.28. The van der Waals surface area contributed by atoms with Crippen LogP contribution in [0.4, 0.5) is 13.2 Å². The standard InChI is InChI=1S/C16H17F3N2O2/c1-21(2)13(14-4-3-9-23-14)10-20-15(22)11-5-7-12(8-6-11)16(17,18)19/h3-9,13H,10H2,1-2H3,(H,20,22)/t13-/m0/s1. The van der Waals surface area contributed by atoms with Gasteiger partial charge in [-0.15, -0.1) is 0 Å². The van der Waals surface area contributed by atoms with Crippen LogP contribution in [0.15, 0.2) is 47.1 Å². The van der Waals surface area contributed by atoms with Crippen molar-refractivity contribution in [2.75, 3.05) is 20.6 Å². The van der Waals surface area contributed by atoms with E-state index in [9.17, 15) is 18.0 Å². The fourth-order valence-corrected chi connectivity index (χ4v) is 2.12. The quantitative estimate of drug-likeness (QED) is 0.917. The van der Waals surface area contributed by atoms with Crippen molar-refractivity contribution >= 4 is 5.91 Å². The maximum Gasteiger partial charge on any atom is 0.416 e. The largest absolute Gasteiger partial charge is 0.468 e. The van der Waals surface area contributed by atoms with Gasteiger partial charge in [-0.05, 0) is 50.5 Å². The number of furan rings is 1. The Morgan fingerprint density at radius 3 is 2.35 bits per heavy atom. The first-order valence-electron chi connectivity index (χ1n) is 6.94. The number of hydrogen-bond acceptors (Lipinski definition) is 3. The van der Waals surface area contributed by atoms with Gasteiger partial charge in [-0.25, -0.2) is 0 Å². The molecule has 0 radical (unpaired) electrons. The molecule has 1 aromatic carbocycles. The maximum atomic E-state index is 12.5. The lowest BCUT2D eigenvalue weighted by molar-refractivity contribution is -0.137. The van der Waals surface area contributed by atoms with Crippen molar-refractivity contribution in [2.24, 2.45) is 0 Å². The molecule has 1 N–H and O–H groups in total. The molecular weight excluding hydrogens is 309 g/mol. The second-order valence-electron chi connectivity index (χ2n) is 5.28. The molecule has 1 amide bonds. The monoisotopic (exact) mass is 326 g/mol. The van der Waals surface area contributed by atoms with E-state index in [2.05, 4.69) is 5.32 Å². The van der Waals surface area contributed by atoms with Crippen LogP contribution < -0.4 is 5.32 Å². The number of amides is 1. The van der Waals surface area contributed by atoms with E-state index in [4.69, 9.17) is 4.42 Å². The molecule has 2 aromatic rings. The SMILES string of the molecule is CN(C)[C@@H](CNC(=O)c1ccc(C(F)(F)F)cc1)c1ccco1. The minimum Gasteiger partial charge on any atom is -0.468 e. The van der Waals surface area contributed by atoms with Gasteiger partial charge in [-0.3, -0.25) is 9.69 Å². The van der Waals surface area contributed by atoms with E-state index in [1.54, 1.807) is 18.4 Å². The zero-order chi connectivity index (χ0) is 17.0. The summed E-state index contributed by atoms with van der Waals surface area (Å²) in [6.45, 7) is 0.278. The Morgan fingerprint density at radius 2 is 1.87 bits per heavy atom. The topological polar surface area (TPSA) is 45.5 Å². The molecule has 0 saturated carbocycles. The molecule has 1 atom stereocenters. The van der Waals surface area contributed by atoms with Gasteiger partial charge < -0.3 is 9.73 Å². The third kappa shape index (κ3) is 4.35. The zero-order valence-electron chi connectivity index (χ0n) is 12.7. The van der Waals surface area contributed by atoms with Gasteiger partial charge in [0.05, 0.1) is 17.9 Å². The lowest BCUT2D eigenvalue weighted by atomic mass is 10.1. The highest BCUT2D eigenvalue weighted by Gasteiger charge is 2.30. The number of carbonyl (C=O) groups is 1. The second kappa shape index (κ2) is 6.87. The predicted octanol–water partition coefficient (Wildman–Crippen LogP) is 3.33. The normalized spacial score (nSPS) is 13.1. The second-order valence-corrected chi connectivity index (χ2v) is 5.28. The molecule has 0 aliphatic heterocycles. The summed E-state index contributed by atoms with van der Waals surface area (Å²) in [7, 11) is 3.69. The van der Waals surface area contributed by atoms with Crippen LogP contribution in [0.5, 0.6) is 0 Å². The van der Waals surface area contributed by atoms with Gasteiger partial charge in [0, 0.05) is 12.1 Å². The molecule has 1 aromatic heterocycles. The first kappa shape index (κ1) is 17.1. The summed E-state index contributed by atoms with van der Waals surface area (Å²) in [5, 5.41) is 2.71. The Labute approximate surface area is 131 Å². The van der Waals surface area contributed by atoms with Crippen molar-refractivity contribution in [3.05, 3.63) is 59.5 Å². The Morgan fingerprint density at radius 1 is 1.22 bits per heavy atom. The molecule has 7 heteroatoms. The number of likely N-dealkylation sites (N-methyl/N-ethyl adjacent to an activating group) is 1. The van der Waals surface area contributed by atoms with Crippen molar-refractivity contribution in [1.29, 1.82) is 0 Å². The van der Waals surface area contributed by atoms with Gasteiger partial charge in [0.1, 0.15) is 5.76 Å². The summed E-state index contributed by atoms with van der Waals surface area (Å²) in [5.41, 5.74) is -0.606. The van der Waals surface area contributed by atoms with E-state index in [0.717, 1.165) is 24.3 Å². The van der Waals surface area contributed by atoms with Crippen molar-refractivity contribution in [2.45, 2.75) is 12.2 Å². The zero-order valence-corrected chi connectivity index (χ0v) is 12.7. The summed E-state index contributed by atoms with van der Waals surface area (Å²) >= 11 is 0. The van der Waals surface area contributed by atoms with E-state index in [1.165, 1.54) is 0 Å². The van der Waals surface area contributed by atoms with Crippen LogP contribution in [0.1, 0.15) is 27.7 Å². The minimum absolute atomic E-state index is 0.164. The lowest BCUT2D eigenvalue weighted by Crippen LogP contribution is -2.34. The molecule has 23 heavy (non-hydrogen) atoms. The average Bonchev–Trinajstić information content (AvgIpc) is 3.00. The van der Waals surface area contributed by atoms with E-state index in [0.29, 0.717) is 5.76 Å². The van der Waals surface area contributed by atoms with E-state index < -0.39 is 17.6 Å². The number of nitrogens with zero attached hydrogens (tertiary/aromatic N) is 1. The first-order valence-corrected chi connectivity index (χ1v) is 6.94. The molecule has 0 saturated heterocycles. The smallest absolute Gasteiger partial charge is 0.416 e. The average molecular weight is 326 g/mol. The van der Waals surface area contributed by atoms with E-state index >= 15 is 0 Å². The van der Waals surface area contributed by atoms with Crippen molar-refractivity contribution in [1.82, 2.24) is 10.2 Å². The van der Waals surface area contributed by atoms with Crippen LogP contribution in [0.2, 0.25) is 0 Å². The third-order valence-corrected chi connectivity index (χ3v) is 3.43. The van der Waals surface area contributed by atoms with Crippen molar-refractivity contribution in [3.8, 4) is 0 Å². The molecule has 0 bridgehead atoms. The van der Waals surface area contributed by atoms with Crippen LogP contribution in [0, 0.1) is 0 Å². The molecule has 0 unspecified atom stereocenters. The number of hydrogen-bond donors (Lipinski definition) is 1. The molecule has 124 valence electrons. The molecule has 4 nitrogen and oxygen atoms in total. The third-order valence-electron chi connectivity index (χ3n) is 3.43. The highest BCUT2D eigenvalue weighted by atomic mass is 19.4. The molecule has 0 fully saturated rings. The van der Waals surface area contributed by atoms with Crippen LogP contribution >= 0.6 is 0 Å². The molecule has 0 aliphatic rings. The summed E-state index contributed by atoms with van der Waals surface area (Å²) in [5.74, 6) is 0.264. The summed E-state index contributed by atoms with van der Waals surface area (Å²) < 4.78 is 42.8. The molecule has 1 heterocycles. The first-order chi connectivity index (χ1) is 10.8. The van der Waals surface area contributed by atoms with Crippen LogP contribution in [0.25, 0.3) is 0 Å². The highest BCUT2D eigenvalue weighted by molar-refractivity contribution is 5.94. The summed E-state index contributed by atoms with van der Waals surface area (Å²) in [6.07, 6.45) is -2.87. The molecular formula is C16H17F3N2O2. The number of halogens is 3. The van der Waals surface area contributed by atoms with Gasteiger partial charge in [0.2, 0.25) is 0 Å². The highest BCUT2D eigenvalue weighted by Crippen LogP contribution is 2.29. The van der Waals surface area contributed by atoms with Gasteiger partial charge in [-0.2, -0.15) is 13.2 Å². The van der Waals surface area contributed by atoms with E-state index in [-0.39, 0.29) is 18.2 Å². The van der Waals surface area contributed by atoms with Crippen molar-refractivity contribution < 1.29 is 22.4 Å². The van der Waals surface area contributed by atoms with Gasteiger partial charge in [0.15, 0.2) is 0 Å². The Kier molecular flexibility index (Phi) is 5.10. The lowest BCUT2D eigenvalue weighted by Gasteiger charge is -2.22. The predicted molar refractivity (Wildman–Crippen MR) is 78.9 cm³/mol. The molecule has 0 aliphatic carbocycles. The van der Waals surface area contributed by atoms with Gasteiger partial charge in [0.25, 0.3) is 5.91 Å². The maximum absolute atomic E-state index is 12.5. The van der Waals surface area contributed by atoms with Crippen molar-refractivity contribution in [3.63, 3.8) is 0 Å². The molecule has 2 rings (SSSR count).